The maximum Gasteiger partial charge on any atom is 0.304 e. The number of para-hydroxylation sites is 1. The van der Waals surface area contributed by atoms with Crippen molar-refractivity contribution in [1.29, 1.82) is 0 Å². The first-order chi connectivity index (χ1) is 9.99. The molecule has 1 N–H and O–H groups in total. The van der Waals surface area contributed by atoms with E-state index in [2.05, 4.69) is 13.0 Å². The Bertz CT molecular complexity index is 536. The molecule has 1 aliphatic rings. The molecule has 1 heterocycles. The number of fused-ring (bicyclic) bond motifs is 1. The van der Waals surface area contributed by atoms with Crippen LogP contribution in [0.3, 0.4) is 0 Å². The van der Waals surface area contributed by atoms with E-state index in [9.17, 15) is 9.59 Å². The summed E-state index contributed by atoms with van der Waals surface area (Å²) in [5.41, 5.74) is 2.20. The number of hydrogen-bond donors (Lipinski definition) is 1. The summed E-state index contributed by atoms with van der Waals surface area (Å²) in [6.45, 7) is 2.68. The quantitative estimate of drug-likeness (QED) is 0.901. The Hall–Kier alpha value is -1.59. The van der Waals surface area contributed by atoms with Crippen LogP contribution in [0.15, 0.2) is 24.3 Å². The molecule has 0 spiro atoms. The number of likely N-dealkylation sites (N-methyl/N-ethyl adjacent to an activating group) is 1. The Balaban J connectivity index is 0.00000242. The molecule has 0 radical (unpaired) electrons. The molecule has 122 valence electrons. The van der Waals surface area contributed by atoms with Crippen molar-refractivity contribution in [2.45, 2.75) is 32.2 Å². The van der Waals surface area contributed by atoms with Gasteiger partial charge in [0.15, 0.2) is 0 Å². The highest BCUT2D eigenvalue weighted by atomic mass is 35.5. The van der Waals surface area contributed by atoms with Gasteiger partial charge in [-0.15, -0.1) is 12.4 Å². The topological polar surface area (TPSA) is 60.9 Å². The predicted molar refractivity (Wildman–Crippen MR) is 88.7 cm³/mol. The summed E-state index contributed by atoms with van der Waals surface area (Å²) in [5.74, 6) is -0.812. The van der Waals surface area contributed by atoms with Crippen molar-refractivity contribution in [2.24, 2.45) is 0 Å². The van der Waals surface area contributed by atoms with E-state index in [0.29, 0.717) is 6.54 Å². The molecule has 1 aromatic rings. The second-order valence-electron chi connectivity index (χ2n) is 5.66. The number of carbonyl (C=O) groups is 2. The first-order valence-corrected chi connectivity index (χ1v) is 7.29. The molecule has 0 saturated carbocycles. The zero-order valence-electron chi connectivity index (χ0n) is 13.0. The number of aliphatic carboxylic acids is 1. The van der Waals surface area contributed by atoms with E-state index in [1.54, 1.807) is 11.9 Å². The second kappa shape index (κ2) is 8.15. The SMILES string of the molecule is CC1CCc2ccccc2N1C(=O)CN(C)CCC(=O)O.Cl. The standard InChI is InChI=1S/C16H22N2O3.ClH/c1-12-7-8-13-5-3-4-6-14(13)18(12)15(19)11-17(2)10-9-16(20)21;/h3-6,12H,7-11H2,1-2H3,(H,20,21);1H. The number of carbonyl (C=O) groups excluding carboxylic acids is 1. The van der Waals surface area contributed by atoms with Crippen molar-refractivity contribution >= 4 is 30.0 Å². The van der Waals surface area contributed by atoms with Gasteiger partial charge in [0.1, 0.15) is 0 Å². The van der Waals surface area contributed by atoms with E-state index in [1.165, 1.54) is 5.56 Å². The first-order valence-electron chi connectivity index (χ1n) is 7.29. The van der Waals surface area contributed by atoms with Gasteiger partial charge in [0.2, 0.25) is 5.91 Å². The lowest BCUT2D eigenvalue weighted by molar-refractivity contribution is -0.137. The summed E-state index contributed by atoms with van der Waals surface area (Å²) in [4.78, 5) is 26.8. The van der Waals surface area contributed by atoms with Gasteiger partial charge in [-0.05, 0) is 38.4 Å². The van der Waals surface area contributed by atoms with Gasteiger partial charge in [-0.25, -0.2) is 0 Å². The third kappa shape index (κ3) is 4.45. The fraction of sp³-hybridized carbons (Fsp3) is 0.500. The van der Waals surface area contributed by atoms with Gasteiger partial charge < -0.3 is 10.0 Å². The maximum absolute atomic E-state index is 12.6. The molecule has 0 saturated heterocycles. The zero-order valence-corrected chi connectivity index (χ0v) is 13.8. The third-order valence-electron chi connectivity index (χ3n) is 3.90. The van der Waals surface area contributed by atoms with Crippen LogP contribution < -0.4 is 4.90 Å². The Morgan fingerprint density at radius 3 is 2.73 bits per heavy atom. The summed E-state index contributed by atoms with van der Waals surface area (Å²) in [6.07, 6.45) is 2.01. The predicted octanol–water partition coefficient (Wildman–Crippen LogP) is 2.18. The molecular weight excluding hydrogens is 304 g/mol. The number of anilines is 1. The smallest absolute Gasteiger partial charge is 0.304 e. The Labute approximate surface area is 137 Å². The van der Waals surface area contributed by atoms with Gasteiger partial charge >= 0.3 is 5.97 Å². The molecule has 0 bridgehead atoms. The Morgan fingerprint density at radius 2 is 2.05 bits per heavy atom. The molecule has 1 unspecified atom stereocenters. The van der Waals surface area contributed by atoms with Crippen molar-refractivity contribution in [1.82, 2.24) is 4.90 Å². The van der Waals surface area contributed by atoms with Crippen LogP contribution in [0.2, 0.25) is 0 Å². The van der Waals surface area contributed by atoms with Gasteiger partial charge in [0, 0.05) is 18.3 Å². The molecule has 22 heavy (non-hydrogen) atoms. The average Bonchev–Trinajstić information content (AvgIpc) is 2.44. The number of nitrogens with zero attached hydrogens (tertiary/aromatic N) is 2. The normalized spacial score (nSPS) is 16.9. The Kier molecular flexibility index (Phi) is 6.84. The van der Waals surface area contributed by atoms with Crippen LogP contribution in [0.4, 0.5) is 5.69 Å². The summed E-state index contributed by atoms with van der Waals surface area (Å²) in [7, 11) is 1.78. The maximum atomic E-state index is 12.6. The van der Waals surface area contributed by atoms with Crippen LogP contribution in [0.1, 0.15) is 25.3 Å². The third-order valence-corrected chi connectivity index (χ3v) is 3.90. The largest absolute Gasteiger partial charge is 0.481 e. The molecule has 0 aliphatic carbocycles. The van der Waals surface area contributed by atoms with Crippen molar-refractivity contribution in [3.05, 3.63) is 29.8 Å². The lowest BCUT2D eigenvalue weighted by Gasteiger charge is -2.36. The highest BCUT2D eigenvalue weighted by Crippen LogP contribution is 2.30. The van der Waals surface area contributed by atoms with E-state index in [0.717, 1.165) is 18.5 Å². The van der Waals surface area contributed by atoms with Crippen LogP contribution in [-0.2, 0) is 16.0 Å². The molecule has 0 aromatic heterocycles. The van der Waals surface area contributed by atoms with Crippen molar-refractivity contribution < 1.29 is 14.7 Å². The monoisotopic (exact) mass is 326 g/mol. The van der Waals surface area contributed by atoms with E-state index in [1.807, 2.05) is 23.1 Å². The number of rotatable bonds is 5. The van der Waals surface area contributed by atoms with E-state index in [-0.39, 0.29) is 37.3 Å². The van der Waals surface area contributed by atoms with Crippen molar-refractivity contribution in [2.75, 3.05) is 25.0 Å². The average molecular weight is 327 g/mol. The minimum Gasteiger partial charge on any atom is -0.481 e. The first kappa shape index (κ1) is 18.5. The molecule has 1 atom stereocenters. The van der Waals surface area contributed by atoms with Crippen molar-refractivity contribution in [3.8, 4) is 0 Å². The van der Waals surface area contributed by atoms with Crippen LogP contribution in [0.5, 0.6) is 0 Å². The van der Waals surface area contributed by atoms with Gasteiger partial charge in [-0.1, -0.05) is 18.2 Å². The van der Waals surface area contributed by atoms with Crippen LogP contribution in [0.25, 0.3) is 0 Å². The van der Waals surface area contributed by atoms with E-state index >= 15 is 0 Å². The van der Waals surface area contributed by atoms with Crippen LogP contribution in [0, 0.1) is 0 Å². The Morgan fingerprint density at radius 1 is 1.36 bits per heavy atom. The molecule has 1 aliphatic heterocycles. The van der Waals surface area contributed by atoms with Crippen LogP contribution in [-0.4, -0.2) is 48.1 Å². The summed E-state index contributed by atoms with van der Waals surface area (Å²) < 4.78 is 0. The number of carboxylic acid groups (broad SMARTS) is 1. The summed E-state index contributed by atoms with van der Waals surface area (Å²) in [6, 6.07) is 8.18. The zero-order chi connectivity index (χ0) is 15.4. The van der Waals surface area contributed by atoms with E-state index < -0.39 is 5.97 Å². The minimum atomic E-state index is -0.842. The molecule has 0 fully saturated rings. The molecular formula is C16H23ClN2O3. The number of carboxylic acids is 1. The highest BCUT2D eigenvalue weighted by Gasteiger charge is 2.28. The summed E-state index contributed by atoms with van der Waals surface area (Å²) >= 11 is 0. The van der Waals surface area contributed by atoms with Gasteiger partial charge in [0.05, 0.1) is 13.0 Å². The van der Waals surface area contributed by atoms with Gasteiger partial charge in [0.25, 0.3) is 0 Å². The number of halogens is 1. The fourth-order valence-electron chi connectivity index (χ4n) is 2.74. The lowest BCUT2D eigenvalue weighted by Crippen LogP contribution is -2.46. The van der Waals surface area contributed by atoms with Crippen molar-refractivity contribution in [3.63, 3.8) is 0 Å². The lowest BCUT2D eigenvalue weighted by atomic mass is 9.96. The van der Waals surface area contributed by atoms with Crippen LogP contribution >= 0.6 is 12.4 Å². The second-order valence-corrected chi connectivity index (χ2v) is 5.66. The molecule has 1 amide bonds. The summed E-state index contributed by atoms with van der Waals surface area (Å²) in [5, 5.41) is 8.70. The molecule has 1 aromatic carbocycles. The molecule has 6 heteroatoms. The highest BCUT2D eigenvalue weighted by molar-refractivity contribution is 5.96. The van der Waals surface area contributed by atoms with Gasteiger partial charge in [-0.2, -0.15) is 0 Å². The number of aryl methyl sites for hydroxylation is 1. The fourth-order valence-corrected chi connectivity index (χ4v) is 2.74. The minimum absolute atomic E-state index is 0. The molecule has 5 nitrogen and oxygen atoms in total. The van der Waals surface area contributed by atoms with E-state index in [4.69, 9.17) is 5.11 Å². The number of amides is 1. The number of hydrogen-bond acceptors (Lipinski definition) is 3. The number of benzene rings is 1. The van der Waals surface area contributed by atoms with Gasteiger partial charge in [-0.3, -0.25) is 14.5 Å². The molecule has 2 rings (SSSR count).